The summed E-state index contributed by atoms with van der Waals surface area (Å²) in [6.45, 7) is 2.65. The molecule has 1 N–H and O–H groups in total. The summed E-state index contributed by atoms with van der Waals surface area (Å²) in [5, 5.41) is 3.95. The lowest BCUT2D eigenvalue weighted by atomic mass is 10.2. The lowest BCUT2D eigenvalue weighted by molar-refractivity contribution is 0.207. The van der Waals surface area contributed by atoms with Crippen molar-refractivity contribution < 1.29 is 9.53 Å². The number of nitrogens with one attached hydrogen (secondary N) is 1. The Balaban J connectivity index is 1.58. The molecule has 7 heteroatoms. The number of anilines is 1. The molecule has 134 valence electrons. The molecular formula is C19H20N4O2S. The molecule has 1 aliphatic rings. The number of hydrogen-bond donors (Lipinski definition) is 1. The molecule has 6 nitrogen and oxygen atoms in total. The van der Waals surface area contributed by atoms with Gasteiger partial charge in [-0.1, -0.05) is 12.1 Å². The van der Waals surface area contributed by atoms with Gasteiger partial charge in [0.15, 0.2) is 0 Å². The number of benzene rings is 1. The van der Waals surface area contributed by atoms with E-state index in [1.807, 2.05) is 36.1 Å². The maximum absolute atomic E-state index is 12.9. The van der Waals surface area contributed by atoms with E-state index in [9.17, 15) is 4.79 Å². The number of carbonyl (C=O) groups excluding carboxylic acids is 1. The molecule has 0 aliphatic carbocycles. The van der Waals surface area contributed by atoms with Crippen molar-refractivity contribution >= 4 is 33.3 Å². The highest BCUT2D eigenvalue weighted by Gasteiger charge is 2.32. The van der Waals surface area contributed by atoms with Crippen LogP contribution in [0.2, 0.25) is 0 Å². The van der Waals surface area contributed by atoms with E-state index < -0.39 is 0 Å². The Morgan fingerprint density at radius 2 is 2.23 bits per heavy atom. The number of methoxy groups -OCH3 is 1. The van der Waals surface area contributed by atoms with Crippen LogP contribution in [0.25, 0.3) is 10.2 Å². The molecule has 1 aliphatic heterocycles. The van der Waals surface area contributed by atoms with Crippen molar-refractivity contribution in [3.63, 3.8) is 0 Å². The Bertz CT molecular complexity index is 923. The number of thiazole rings is 1. The van der Waals surface area contributed by atoms with Gasteiger partial charge in [0.2, 0.25) is 5.88 Å². The number of aromatic nitrogens is 2. The van der Waals surface area contributed by atoms with Crippen LogP contribution in [0.4, 0.5) is 10.5 Å². The number of urea groups is 1. The van der Waals surface area contributed by atoms with Crippen LogP contribution in [-0.2, 0) is 0 Å². The molecule has 0 saturated carbocycles. The van der Waals surface area contributed by atoms with Gasteiger partial charge in [-0.3, -0.25) is 0 Å². The number of nitrogens with zero attached hydrogens (tertiary/aromatic N) is 3. The van der Waals surface area contributed by atoms with E-state index in [4.69, 9.17) is 9.72 Å². The van der Waals surface area contributed by atoms with Gasteiger partial charge in [0.1, 0.15) is 10.7 Å². The number of rotatable bonds is 3. The van der Waals surface area contributed by atoms with Crippen LogP contribution in [-0.4, -0.2) is 34.6 Å². The zero-order valence-electron chi connectivity index (χ0n) is 14.7. The van der Waals surface area contributed by atoms with Gasteiger partial charge < -0.3 is 15.0 Å². The van der Waals surface area contributed by atoms with Crippen LogP contribution in [0.5, 0.6) is 5.88 Å². The van der Waals surface area contributed by atoms with Gasteiger partial charge in [0, 0.05) is 12.7 Å². The second-order valence-electron chi connectivity index (χ2n) is 6.37. The fraction of sp³-hybridized carbons (Fsp3) is 0.316. The fourth-order valence-corrected chi connectivity index (χ4v) is 4.41. The van der Waals surface area contributed by atoms with Crippen molar-refractivity contribution in [2.24, 2.45) is 0 Å². The molecule has 2 amide bonds. The highest BCUT2D eigenvalue weighted by molar-refractivity contribution is 7.18. The highest BCUT2D eigenvalue weighted by atomic mass is 32.1. The number of ether oxygens (including phenoxy) is 1. The monoisotopic (exact) mass is 368 g/mol. The Labute approximate surface area is 155 Å². The molecule has 0 radical (unpaired) electrons. The summed E-state index contributed by atoms with van der Waals surface area (Å²) in [7, 11) is 1.55. The summed E-state index contributed by atoms with van der Waals surface area (Å²) in [4.78, 5) is 23.7. The lowest BCUT2D eigenvalue weighted by Crippen LogP contribution is -2.34. The SMILES string of the molecule is COc1ncc(C)cc1NC(=O)N1CCCC1c1nc2ccccc2s1. The number of pyridine rings is 1. The quantitative estimate of drug-likeness (QED) is 0.745. The van der Waals surface area contributed by atoms with Gasteiger partial charge in [-0.05, 0) is 43.5 Å². The molecule has 4 rings (SSSR count). The number of fused-ring (bicyclic) bond motifs is 1. The predicted molar refractivity (Wildman–Crippen MR) is 103 cm³/mol. The number of para-hydroxylation sites is 1. The van der Waals surface area contributed by atoms with Crippen LogP contribution in [0.1, 0.15) is 29.5 Å². The Hall–Kier alpha value is -2.67. The first-order valence-corrected chi connectivity index (χ1v) is 9.41. The van der Waals surface area contributed by atoms with Gasteiger partial charge in [-0.25, -0.2) is 14.8 Å². The second kappa shape index (κ2) is 6.92. The van der Waals surface area contributed by atoms with E-state index >= 15 is 0 Å². The van der Waals surface area contributed by atoms with Crippen LogP contribution in [0.15, 0.2) is 36.5 Å². The number of likely N-dealkylation sites (tertiary alicyclic amines) is 1. The van der Waals surface area contributed by atoms with Crippen molar-refractivity contribution in [2.45, 2.75) is 25.8 Å². The molecule has 1 fully saturated rings. The molecule has 2 aromatic heterocycles. The van der Waals surface area contributed by atoms with Gasteiger partial charge in [0.05, 0.1) is 23.4 Å². The van der Waals surface area contributed by atoms with E-state index in [0.717, 1.165) is 33.6 Å². The van der Waals surface area contributed by atoms with E-state index in [2.05, 4.69) is 16.4 Å². The van der Waals surface area contributed by atoms with Crippen LogP contribution in [0.3, 0.4) is 0 Å². The van der Waals surface area contributed by atoms with Crippen LogP contribution >= 0.6 is 11.3 Å². The number of hydrogen-bond acceptors (Lipinski definition) is 5. The summed E-state index contributed by atoms with van der Waals surface area (Å²) in [6.07, 6.45) is 3.61. The molecular weight excluding hydrogens is 348 g/mol. The largest absolute Gasteiger partial charge is 0.480 e. The molecule has 1 atom stereocenters. The van der Waals surface area contributed by atoms with E-state index in [-0.39, 0.29) is 12.1 Å². The average molecular weight is 368 g/mol. The van der Waals surface area contributed by atoms with Crippen molar-refractivity contribution in [2.75, 3.05) is 19.0 Å². The average Bonchev–Trinajstić information content (AvgIpc) is 3.28. The number of amides is 2. The van der Waals surface area contributed by atoms with E-state index in [1.165, 1.54) is 0 Å². The first kappa shape index (κ1) is 16.8. The fourth-order valence-electron chi connectivity index (χ4n) is 3.29. The molecule has 1 aromatic carbocycles. The van der Waals surface area contributed by atoms with Gasteiger partial charge in [0.25, 0.3) is 0 Å². The minimum Gasteiger partial charge on any atom is -0.480 e. The number of carbonyl (C=O) groups is 1. The maximum Gasteiger partial charge on any atom is 0.322 e. The lowest BCUT2D eigenvalue weighted by Gasteiger charge is -2.23. The predicted octanol–water partition coefficient (Wildman–Crippen LogP) is 4.38. The number of aryl methyl sites for hydroxylation is 1. The molecule has 1 saturated heterocycles. The standard InChI is InChI=1S/C19H20N4O2S/c1-12-10-14(17(25-2)20-11-12)22-19(24)23-9-5-7-15(23)18-21-13-6-3-4-8-16(13)26-18/h3-4,6,8,10-11,15H,5,7,9H2,1-2H3,(H,22,24). The van der Waals surface area contributed by atoms with Crippen molar-refractivity contribution in [1.29, 1.82) is 0 Å². The third-order valence-corrected chi connectivity index (χ3v) is 5.67. The van der Waals surface area contributed by atoms with Crippen molar-refractivity contribution in [3.8, 4) is 5.88 Å². The van der Waals surface area contributed by atoms with Crippen LogP contribution in [0, 0.1) is 6.92 Å². The third-order valence-electron chi connectivity index (χ3n) is 4.53. The van der Waals surface area contributed by atoms with E-state index in [1.54, 1.807) is 24.6 Å². The minimum atomic E-state index is -0.141. The van der Waals surface area contributed by atoms with Crippen molar-refractivity contribution in [1.82, 2.24) is 14.9 Å². The Kier molecular flexibility index (Phi) is 4.46. The molecule has 0 spiro atoms. The van der Waals surface area contributed by atoms with Gasteiger partial charge in [-0.15, -0.1) is 11.3 Å². The topological polar surface area (TPSA) is 67.3 Å². The Morgan fingerprint density at radius 3 is 3.04 bits per heavy atom. The minimum absolute atomic E-state index is 0.0103. The third kappa shape index (κ3) is 3.10. The zero-order valence-corrected chi connectivity index (χ0v) is 15.5. The summed E-state index contributed by atoms with van der Waals surface area (Å²) < 4.78 is 6.41. The first-order valence-electron chi connectivity index (χ1n) is 8.59. The Morgan fingerprint density at radius 1 is 1.38 bits per heavy atom. The molecule has 0 bridgehead atoms. The smallest absolute Gasteiger partial charge is 0.322 e. The summed E-state index contributed by atoms with van der Waals surface area (Å²) in [5.41, 5.74) is 2.54. The summed E-state index contributed by atoms with van der Waals surface area (Å²) in [5.74, 6) is 0.416. The highest BCUT2D eigenvalue weighted by Crippen LogP contribution is 2.37. The molecule has 26 heavy (non-hydrogen) atoms. The molecule has 1 unspecified atom stereocenters. The van der Waals surface area contributed by atoms with Gasteiger partial charge in [-0.2, -0.15) is 0 Å². The second-order valence-corrected chi connectivity index (χ2v) is 7.43. The zero-order chi connectivity index (χ0) is 18.1. The van der Waals surface area contributed by atoms with Crippen molar-refractivity contribution in [3.05, 3.63) is 47.1 Å². The maximum atomic E-state index is 12.9. The normalized spacial score (nSPS) is 16.8. The molecule has 3 heterocycles. The van der Waals surface area contributed by atoms with Crippen LogP contribution < -0.4 is 10.1 Å². The first-order chi connectivity index (χ1) is 12.7. The summed E-state index contributed by atoms with van der Waals surface area (Å²) >= 11 is 1.66. The van der Waals surface area contributed by atoms with Gasteiger partial charge >= 0.3 is 6.03 Å². The van der Waals surface area contributed by atoms with E-state index in [0.29, 0.717) is 18.1 Å². The molecule has 3 aromatic rings. The summed E-state index contributed by atoms with van der Waals surface area (Å²) in [6, 6.07) is 9.82.